The normalized spacial score (nSPS) is 15.4. The number of urea groups is 1. The fraction of sp³-hybridized carbons (Fsp3) is 0.350. The third kappa shape index (κ3) is 6.44. The first-order chi connectivity index (χ1) is 15.4. The summed E-state index contributed by atoms with van der Waals surface area (Å²) >= 11 is 12.6. The Kier molecular flexibility index (Phi) is 7.67. The molecule has 7 nitrogen and oxygen atoms in total. The number of carbonyl (C=O) groups excluding carboxylic acids is 1. The Bertz CT molecular complexity index is 1110. The molecule has 0 spiro atoms. The van der Waals surface area contributed by atoms with Crippen molar-refractivity contribution in [1.82, 2.24) is 9.21 Å². The molecule has 33 heavy (non-hydrogen) atoms. The van der Waals surface area contributed by atoms with Gasteiger partial charge in [-0.25, -0.2) is 13.2 Å². The van der Waals surface area contributed by atoms with Gasteiger partial charge in [-0.3, -0.25) is 0 Å². The van der Waals surface area contributed by atoms with Crippen LogP contribution in [0.2, 0.25) is 10.0 Å². The molecule has 1 aliphatic heterocycles. The van der Waals surface area contributed by atoms with Gasteiger partial charge < -0.3 is 15.0 Å². The van der Waals surface area contributed by atoms with Gasteiger partial charge in [0.25, 0.3) is 0 Å². The number of hydrogen-bond donors (Lipinski definition) is 1. The predicted octanol–water partition coefficient (Wildman–Crippen LogP) is 5.06. The largest absolute Gasteiger partial charge is 0.573 e. The van der Waals surface area contributed by atoms with Crippen LogP contribution in [0.1, 0.15) is 6.92 Å². The van der Waals surface area contributed by atoms with Crippen molar-refractivity contribution in [3.05, 3.63) is 46.4 Å². The van der Waals surface area contributed by atoms with E-state index in [0.717, 1.165) is 12.1 Å². The molecule has 0 aromatic heterocycles. The Hall–Kier alpha value is -2.21. The lowest BCUT2D eigenvalue weighted by Gasteiger charge is -2.33. The maximum absolute atomic E-state index is 12.6. The van der Waals surface area contributed by atoms with Crippen molar-refractivity contribution >= 4 is 44.9 Å². The van der Waals surface area contributed by atoms with Crippen molar-refractivity contribution in [3.8, 4) is 16.9 Å². The van der Waals surface area contributed by atoms with Gasteiger partial charge in [0.05, 0.1) is 15.8 Å². The summed E-state index contributed by atoms with van der Waals surface area (Å²) in [6, 6.07) is 7.60. The number of rotatable bonds is 5. The highest BCUT2D eigenvalue weighted by molar-refractivity contribution is 7.89. The predicted molar refractivity (Wildman–Crippen MR) is 120 cm³/mol. The lowest BCUT2D eigenvalue weighted by Crippen LogP contribution is -2.51. The Balaban J connectivity index is 1.72. The van der Waals surface area contributed by atoms with Crippen molar-refractivity contribution in [1.29, 1.82) is 0 Å². The number of carbonyl (C=O) groups is 1. The molecule has 0 aliphatic carbocycles. The van der Waals surface area contributed by atoms with Gasteiger partial charge >= 0.3 is 12.4 Å². The zero-order chi connectivity index (χ0) is 24.4. The molecule has 1 aliphatic rings. The standard InChI is InChI=1S/C20H20Cl2F3N3O4S/c1-2-33(30,31)28-8-6-27(7-9-28)19(29)26-14-11-16(21)18(17(22)12-14)13-4-3-5-15(10-13)32-20(23,24)25/h3-5,10-12H,2,6-9H2,1H3,(H,26,29). The molecule has 13 heteroatoms. The van der Waals surface area contributed by atoms with E-state index in [1.54, 1.807) is 6.92 Å². The molecule has 2 aromatic rings. The molecule has 1 saturated heterocycles. The Morgan fingerprint density at radius 1 is 1.09 bits per heavy atom. The SMILES string of the molecule is CCS(=O)(=O)N1CCN(C(=O)Nc2cc(Cl)c(-c3cccc(OC(F)(F)F)c3)c(Cl)c2)CC1. The summed E-state index contributed by atoms with van der Waals surface area (Å²) in [6.45, 7) is 2.39. The summed E-state index contributed by atoms with van der Waals surface area (Å²) in [5.74, 6) is -0.429. The third-order valence-electron chi connectivity index (χ3n) is 4.93. The number of benzene rings is 2. The van der Waals surface area contributed by atoms with Crippen molar-refractivity contribution < 1.29 is 31.1 Å². The summed E-state index contributed by atoms with van der Waals surface area (Å²) in [4.78, 5) is 14.1. The number of amides is 2. The molecule has 1 N–H and O–H groups in total. The van der Waals surface area contributed by atoms with Crippen molar-refractivity contribution in [2.45, 2.75) is 13.3 Å². The molecule has 0 radical (unpaired) electrons. The molecule has 1 fully saturated rings. The van der Waals surface area contributed by atoms with Gasteiger partial charge in [-0.15, -0.1) is 13.2 Å². The zero-order valence-electron chi connectivity index (χ0n) is 17.3. The highest BCUT2D eigenvalue weighted by Crippen LogP contribution is 2.39. The number of sulfonamides is 1. The van der Waals surface area contributed by atoms with Crippen LogP contribution in [0.5, 0.6) is 5.75 Å². The van der Waals surface area contributed by atoms with Crippen LogP contribution in [0.25, 0.3) is 11.1 Å². The van der Waals surface area contributed by atoms with Gasteiger partial charge in [0, 0.05) is 37.4 Å². The van der Waals surface area contributed by atoms with E-state index in [2.05, 4.69) is 10.1 Å². The van der Waals surface area contributed by atoms with E-state index >= 15 is 0 Å². The van der Waals surface area contributed by atoms with E-state index in [0.29, 0.717) is 5.56 Å². The summed E-state index contributed by atoms with van der Waals surface area (Å²) < 4.78 is 66.7. The van der Waals surface area contributed by atoms with Gasteiger partial charge in [-0.1, -0.05) is 35.3 Å². The van der Waals surface area contributed by atoms with E-state index in [9.17, 15) is 26.4 Å². The zero-order valence-corrected chi connectivity index (χ0v) is 19.7. The van der Waals surface area contributed by atoms with Crippen LogP contribution >= 0.6 is 23.2 Å². The maximum Gasteiger partial charge on any atom is 0.573 e. The Morgan fingerprint density at radius 2 is 1.70 bits per heavy atom. The lowest BCUT2D eigenvalue weighted by atomic mass is 10.0. The molecule has 0 atom stereocenters. The van der Waals surface area contributed by atoms with Gasteiger partial charge in [-0.05, 0) is 36.8 Å². The van der Waals surface area contributed by atoms with Crippen LogP contribution < -0.4 is 10.1 Å². The molecule has 2 aromatic carbocycles. The number of ether oxygens (including phenoxy) is 1. The van der Waals surface area contributed by atoms with Crippen LogP contribution in [0, 0.1) is 0 Å². The minimum atomic E-state index is -4.84. The van der Waals surface area contributed by atoms with Gasteiger partial charge in [0.2, 0.25) is 10.0 Å². The molecule has 180 valence electrons. The number of halogens is 5. The second kappa shape index (κ2) is 9.96. The molecule has 0 saturated carbocycles. The Labute approximate surface area is 199 Å². The molecule has 1 heterocycles. The minimum Gasteiger partial charge on any atom is -0.406 e. The minimum absolute atomic E-state index is 0.00617. The molecule has 2 amide bonds. The summed E-state index contributed by atoms with van der Waals surface area (Å²) in [6.07, 6.45) is -4.84. The van der Waals surface area contributed by atoms with Crippen LogP contribution in [0.3, 0.4) is 0 Å². The van der Waals surface area contributed by atoms with Crippen molar-refractivity contribution in [2.24, 2.45) is 0 Å². The van der Waals surface area contributed by atoms with Crippen LogP contribution in [-0.2, 0) is 10.0 Å². The molecular weight excluding hydrogens is 506 g/mol. The first-order valence-corrected chi connectivity index (χ1v) is 12.1. The molecular formula is C20H20Cl2F3N3O4S. The fourth-order valence-electron chi connectivity index (χ4n) is 3.32. The molecule has 0 bridgehead atoms. The monoisotopic (exact) mass is 525 g/mol. The highest BCUT2D eigenvalue weighted by atomic mass is 35.5. The number of nitrogens with zero attached hydrogens (tertiary/aromatic N) is 2. The average Bonchev–Trinajstić information content (AvgIpc) is 2.72. The topological polar surface area (TPSA) is 79.0 Å². The van der Waals surface area contributed by atoms with E-state index < -0.39 is 28.2 Å². The molecule has 0 unspecified atom stereocenters. The third-order valence-corrected chi connectivity index (χ3v) is 7.41. The Morgan fingerprint density at radius 3 is 2.24 bits per heavy atom. The summed E-state index contributed by atoms with van der Waals surface area (Å²) in [7, 11) is -3.32. The number of piperazine rings is 1. The van der Waals surface area contributed by atoms with E-state index in [1.165, 1.54) is 33.5 Å². The fourth-order valence-corrected chi connectivity index (χ4v) is 5.11. The lowest BCUT2D eigenvalue weighted by molar-refractivity contribution is -0.274. The number of hydrogen-bond acceptors (Lipinski definition) is 4. The molecule has 3 rings (SSSR count). The first kappa shape index (κ1) is 25.4. The van der Waals surface area contributed by atoms with Crippen LogP contribution in [-0.4, -0.2) is 61.9 Å². The summed E-state index contributed by atoms with van der Waals surface area (Å²) in [5.41, 5.74) is 0.866. The van der Waals surface area contributed by atoms with Gasteiger partial charge in [0.15, 0.2) is 0 Å². The van der Waals surface area contributed by atoms with Crippen molar-refractivity contribution in [3.63, 3.8) is 0 Å². The van der Waals surface area contributed by atoms with Crippen LogP contribution in [0.4, 0.5) is 23.7 Å². The number of anilines is 1. The van der Waals surface area contributed by atoms with E-state index in [1.807, 2.05) is 0 Å². The number of nitrogens with one attached hydrogen (secondary N) is 1. The number of alkyl halides is 3. The van der Waals surface area contributed by atoms with E-state index in [-0.39, 0.29) is 53.2 Å². The van der Waals surface area contributed by atoms with Gasteiger partial charge in [0.1, 0.15) is 5.75 Å². The smallest absolute Gasteiger partial charge is 0.406 e. The van der Waals surface area contributed by atoms with Crippen LogP contribution in [0.15, 0.2) is 36.4 Å². The second-order valence-corrected chi connectivity index (χ2v) is 10.2. The summed E-state index contributed by atoms with van der Waals surface area (Å²) in [5, 5.41) is 2.88. The maximum atomic E-state index is 12.6. The average molecular weight is 526 g/mol. The van der Waals surface area contributed by atoms with Gasteiger partial charge in [-0.2, -0.15) is 4.31 Å². The highest BCUT2D eigenvalue weighted by Gasteiger charge is 2.31. The first-order valence-electron chi connectivity index (χ1n) is 9.78. The second-order valence-electron chi connectivity index (χ2n) is 7.11. The quantitative estimate of drug-likeness (QED) is 0.591. The van der Waals surface area contributed by atoms with E-state index in [4.69, 9.17) is 23.2 Å². The van der Waals surface area contributed by atoms with Crippen molar-refractivity contribution in [2.75, 3.05) is 37.2 Å².